The van der Waals surface area contributed by atoms with Gasteiger partial charge in [0.05, 0.1) is 5.69 Å². The van der Waals surface area contributed by atoms with Gasteiger partial charge >= 0.3 is 0 Å². The van der Waals surface area contributed by atoms with Crippen molar-refractivity contribution in [3.63, 3.8) is 0 Å². The molecule has 0 aliphatic carbocycles. The Hall–Kier alpha value is -1.42. The van der Waals surface area contributed by atoms with Crippen LogP contribution in [0.15, 0.2) is 18.3 Å². The Morgan fingerprint density at radius 1 is 1.53 bits per heavy atom. The average molecular weight is 202 g/mol. The Kier molecular flexibility index (Phi) is 1.95. The van der Waals surface area contributed by atoms with Gasteiger partial charge in [0.1, 0.15) is 0 Å². The van der Waals surface area contributed by atoms with E-state index in [0.717, 1.165) is 18.7 Å². The van der Waals surface area contributed by atoms with Crippen molar-refractivity contribution in [2.45, 2.75) is 12.3 Å². The van der Waals surface area contributed by atoms with E-state index in [-0.39, 0.29) is 0 Å². The van der Waals surface area contributed by atoms with Crippen LogP contribution in [0.2, 0.25) is 0 Å². The molecule has 1 N–H and O–H groups in total. The quantitative estimate of drug-likeness (QED) is 0.751. The SMILES string of the molecule is Cn1nc([C@@H]2CCNC2)c2cccnc21. The summed E-state index contributed by atoms with van der Waals surface area (Å²) >= 11 is 0. The molecule has 0 bridgehead atoms. The third kappa shape index (κ3) is 1.33. The summed E-state index contributed by atoms with van der Waals surface area (Å²) in [5, 5.41) is 9.16. The third-order valence-electron chi connectivity index (χ3n) is 3.07. The topological polar surface area (TPSA) is 42.7 Å². The van der Waals surface area contributed by atoms with Crippen LogP contribution in [0.3, 0.4) is 0 Å². The van der Waals surface area contributed by atoms with E-state index >= 15 is 0 Å². The van der Waals surface area contributed by atoms with Gasteiger partial charge in [-0.2, -0.15) is 5.10 Å². The smallest absolute Gasteiger partial charge is 0.157 e. The Morgan fingerprint density at radius 3 is 3.27 bits per heavy atom. The lowest BCUT2D eigenvalue weighted by molar-refractivity contribution is 0.688. The number of rotatable bonds is 1. The van der Waals surface area contributed by atoms with Gasteiger partial charge < -0.3 is 5.32 Å². The van der Waals surface area contributed by atoms with Crippen LogP contribution in [0, 0.1) is 0 Å². The van der Waals surface area contributed by atoms with E-state index < -0.39 is 0 Å². The molecule has 3 heterocycles. The van der Waals surface area contributed by atoms with Crippen molar-refractivity contribution >= 4 is 11.0 Å². The van der Waals surface area contributed by atoms with Gasteiger partial charge in [-0.15, -0.1) is 0 Å². The third-order valence-corrected chi connectivity index (χ3v) is 3.07. The lowest BCUT2D eigenvalue weighted by Crippen LogP contribution is -2.08. The predicted molar refractivity (Wildman–Crippen MR) is 58.7 cm³/mol. The molecule has 1 fully saturated rings. The molecule has 0 saturated carbocycles. The van der Waals surface area contributed by atoms with Crippen molar-refractivity contribution in [2.75, 3.05) is 13.1 Å². The minimum absolute atomic E-state index is 0.554. The molecule has 0 amide bonds. The highest BCUT2D eigenvalue weighted by atomic mass is 15.3. The molecule has 1 saturated heterocycles. The Morgan fingerprint density at radius 2 is 2.47 bits per heavy atom. The van der Waals surface area contributed by atoms with Crippen LogP contribution in [-0.4, -0.2) is 27.9 Å². The second-order valence-corrected chi connectivity index (χ2v) is 4.07. The average Bonchev–Trinajstić information content (AvgIpc) is 2.87. The van der Waals surface area contributed by atoms with Crippen molar-refractivity contribution in [3.05, 3.63) is 24.0 Å². The van der Waals surface area contributed by atoms with Crippen LogP contribution < -0.4 is 5.32 Å². The van der Waals surface area contributed by atoms with Crippen molar-refractivity contribution < 1.29 is 0 Å². The maximum atomic E-state index is 4.59. The van der Waals surface area contributed by atoms with Crippen molar-refractivity contribution in [1.82, 2.24) is 20.1 Å². The second kappa shape index (κ2) is 3.31. The Balaban J connectivity index is 2.17. The first-order valence-electron chi connectivity index (χ1n) is 5.34. The van der Waals surface area contributed by atoms with Gasteiger partial charge in [0.25, 0.3) is 0 Å². The molecule has 1 aliphatic heterocycles. The highest BCUT2D eigenvalue weighted by Gasteiger charge is 2.22. The summed E-state index contributed by atoms with van der Waals surface area (Å²) in [6.45, 7) is 2.14. The van der Waals surface area contributed by atoms with E-state index in [0.29, 0.717) is 5.92 Å². The van der Waals surface area contributed by atoms with E-state index in [1.807, 2.05) is 24.0 Å². The molecule has 4 nitrogen and oxygen atoms in total. The Labute approximate surface area is 88.3 Å². The molecule has 1 aliphatic rings. The van der Waals surface area contributed by atoms with E-state index in [1.54, 1.807) is 0 Å². The molecule has 15 heavy (non-hydrogen) atoms. The van der Waals surface area contributed by atoms with Gasteiger partial charge in [-0.1, -0.05) is 0 Å². The van der Waals surface area contributed by atoms with Gasteiger partial charge in [0, 0.05) is 31.1 Å². The standard InChI is InChI=1S/C11H14N4/c1-15-11-9(3-2-5-13-11)10(14-15)8-4-6-12-7-8/h2-3,5,8,12H,4,6-7H2,1H3/t8-/m1/s1. The summed E-state index contributed by atoms with van der Waals surface area (Å²) in [5.41, 5.74) is 2.19. The molecule has 3 rings (SSSR count). The highest BCUT2D eigenvalue weighted by Crippen LogP contribution is 2.27. The molecule has 4 heteroatoms. The zero-order valence-electron chi connectivity index (χ0n) is 8.77. The molecular formula is C11H14N4. The summed E-state index contributed by atoms with van der Waals surface area (Å²) in [7, 11) is 1.96. The summed E-state index contributed by atoms with van der Waals surface area (Å²) in [6, 6.07) is 4.10. The fraction of sp³-hybridized carbons (Fsp3) is 0.455. The van der Waals surface area contributed by atoms with Crippen LogP contribution in [0.1, 0.15) is 18.0 Å². The number of nitrogens with zero attached hydrogens (tertiary/aromatic N) is 3. The van der Waals surface area contributed by atoms with Crippen LogP contribution in [0.5, 0.6) is 0 Å². The predicted octanol–water partition coefficient (Wildman–Crippen LogP) is 1.05. The molecule has 0 aromatic carbocycles. The second-order valence-electron chi connectivity index (χ2n) is 4.07. The molecule has 2 aromatic rings. The minimum Gasteiger partial charge on any atom is -0.316 e. The van der Waals surface area contributed by atoms with Crippen molar-refractivity contribution in [2.24, 2.45) is 7.05 Å². The van der Waals surface area contributed by atoms with E-state index in [1.165, 1.54) is 17.5 Å². The van der Waals surface area contributed by atoms with E-state index in [4.69, 9.17) is 0 Å². The molecule has 1 atom stereocenters. The molecule has 0 radical (unpaired) electrons. The lowest BCUT2D eigenvalue weighted by Gasteiger charge is -2.03. The van der Waals surface area contributed by atoms with Gasteiger partial charge in [-0.25, -0.2) is 4.98 Å². The highest BCUT2D eigenvalue weighted by molar-refractivity contribution is 5.78. The number of nitrogens with one attached hydrogen (secondary N) is 1. The number of hydrogen-bond acceptors (Lipinski definition) is 3. The zero-order chi connectivity index (χ0) is 10.3. The van der Waals surface area contributed by atoms with E-state index in [2.05, 4.69) is 21.5 Å². The Bertz CT molecular complexity index is 482. The normalized spacial score (nSPS) is 21.3. The summed E-state index contributed by atoms with van der Waals surface area (Å²) in [6.07, 6.45) is 3.00. The zero-order valence-corrected chi connectivity index (χ0v) is 8.77. The maximum Gasteiger partial charge on any atom is 0.157 e. The number of aromatic nitrogens is 3. The van der Waals surface area contributed by atoms with E-state index in [9.17, 15) is 0 Å². The molecule has 0 unspecified atom stereocenters. The van der Waals surface area contributed by atoms with Crippen LogP contribution in [0.4, 0.5) is 0 Å². The van der Waals surface area contributed by atoms with Gasteiger partial charge in [0.2, 0.25) is 0 Å². The van der Waals surface area contributed by atoms with Crippen LogP contribution >= 0.6 is 0 Å². The van der Waals surface area contributed by atoms with Gasteiger partial charge in [-0.05, 0) is 25.1 Å². The lowest BCUT2D eigenvalue weighted by atomic mass is 10.0. The number of fused-ring (bicyclic) bond motifs is 1. The summed E-state index contributed by atoms with van der Waals surface area (Å²) in [5.74, 6) is 0.554. The maximum absolute atomic E-state index is 4.59. The number of hydrogen-bond donors (Lipinski definition) is 1. The van der Waals surface area contributed by atoms with Crippen LogP contribution in [0.25, 0.3) is 11.0 Å². The fourth-order valence-electron chi connectivity index (χ4n) is 2.31. The monoisotopic (exact) mass is 202 g/mol. The number of pyridine rings is 1. The van der Waals surface area contributed by atoms with Crippen molar-refractivity contribution in [1.29, 1.82) is 0 Å². The van der Waals surface area contributed by atoms with Crippen molar-refractivity contribution in [3.8, 4) is 0 Å². The first-order valence-corrected chi connectivity index (χ1v) is 5.34. The number of aryl methyl sites for hydroxylation is 1. The molecule has 0 spiro atoms. The molecule has 78 valence electrons. The first kappa shape index (κ1) is 8.85. The van der Waals surface area contributed by atoms with Crippen LogP contribution in [-0.2, 0) is 7.05 Å². The minimum atomic E-state index is 0.554. The molecular weight excluding hydrogens is 188 g/mol. The first-order chi connectivity index (χ1) is 7.36. The molecule has 2 aromatic heterocycles. The summed E-state index contributed by atoms with van der Waals surface area (Å²) < 4.78 is 1.88. The van der Waals surface area contributed by atoms with Gasteiger partial charge in [0.15, 0.2) is 5.65 Å². The van der Waals surface area contributed by atoms with Gasteiger partial charge in [-0.3, -0.25) is 4.68 Å². The summed E-state index contributed by atoms with van der Waals surface area (Å²) in [4.78, 5) is 4.35. The fourth-order valence-corrected chi connectivity index (χ4v) is 2.31. The largest absolute Gasteiger partial charge is 0.316 e.